The van der Waals surface area contributed by atoms with E-state index < -0.39 is 0 Å². The Kier molecular flexibility index (Phi) is 5.42. The van der Waals surface area contributed by atoms with Gasteiger partial charge in [-0.25, -0.2) is 4.68 Å². The van der Waals surface area contributed by atoms with E-state index in [0.29, 0.717) is 24.0 Å². The molecule has 0 N–H and O–H groups in total. The highest BCUT2D eigenvalue weighted by Crippen LogP contribution is 2.21. The third-order valence-corrected chi connectivity index (χ3v) is 3.30. The summed E-state index contributed by atoms with van der Waals surface area (Å²) in [7, 11) is 0. The second kappa shape index (κ2) is 8.12. The molecule has 24 heavy (non-hydrogen) atoms. The number of rotatable bonds is 7. The molecule has 122 valence electrons. The summed E-state index contributed by atoms with van der Waals surface area (Å²) in [5.74, 6) is 1.49. The number of hydrogen-bond acceptors (Lipinski definition) is 5. The maximum absolute atomic E-state index is 6.05. The van der Waals surface area contributed by atoms with Gasteiger partial charge in [-0.3, -0.25) is 0 Å². The highest BCUT2D eigenvalue weighted by Gasteiger charge is 2.03. The predicted molar refractivity (Wildman–Crippen MR) is 91.9 cm³/mol. The van der Waals surface area contributed by atoms with E-state index in [4.69, 9.17) is 21.1 Å². The molecule has 0 aliphatic carbocycles. The van der Waals surface area contributed by atoms with Crippen molar-refractivity contribution < 1.29 is 9.47 Å². The number of hydrogen-bond donors (Lipinski definition) is 0. The van der Waals surface area contributed by atoms with Crippen LogP contribution in [-0.2, 0) is 0 Å². The topological polar surface area (TPSA) is 61.5 Å². The highest BCUT2D eigenvalue weighted by molar-refractivity contribution is 6.30. The van der Waals surface area contributed by atoms with Gasteiger partial charge in [-0.1, -0.05) is 29.8 Å². The Balaban J connectivity index is 1.60. The van der Waals surface area contributed by atoms with E-state index >= 15 is 0 Å². The van der Waals surface area contributed by atoms with Crippen molar-refractivity contribution >= 4 is 17.8 Å². The number of nitrogens with zero attached hydrogens (tertiary/aromatic N) is 4. The van der Waals surface area contributed by atoms with Crippen LogP contribution in [0.25, 0.3) is 0 Å². The van der Waals surface area contributed by atoms with Crippen LogP contribution in [0.2, 0.25) is 5.02 Å². The van der Waals surface area contributed by atoms with E-state index in [-0.39, 0.29) is 0 Å². The van der Waals surface area contributed by atoms with Gasteiger partial charge in [0.05, 0.1) is 6.21 Å². The number of ether oxygens (including phenoxy) is 2. The molecular formula is C17H15ClN4O2. The van der Waals surface area contributed by atoms with Crippen molar-refractivity contribution in [2.24, 2.45) is 5.10 Å². The van der Waals surface area contributed by atoms with Crippen LogP contribution in [0, 0.1) is 0 Å². The molecule has 0 radical (unpaired) electrons. The number of halogens is 1. The molecule has 0 aliphatic heterocycles. The number of benzene rings is 2. The third kappa shape index (κ3) is 4.57. The van der Waals surface area contributed by atoms with Crippen molar-refractivity contribution in [3.63, 3.8) is 0 Å². The zero-order valence-corrected chi connectivity index (χ0v) is 13.5. The minimum atomic E-state index is 0.407. The van der Waals surface area contributed by atoms with E-state index in [0.717, 1.165) is 11.3 Å². The second-order valence-electron chi connectivity index (χ2n) is 4.78. The first-order valence-electron chi connectivity index (χ1n) is 7.30. The molecule has 0 atom stereocenters. The lowest BCUT2D eigenvalue weighted by Crippen LogP contribution is -2.10. The van der Waals surface area contributed by atoms with Gasteiger partial charge in [0.15, 0.2) is 0 Å². The van der Waals surface area contributed by atoms with Crippen LogP contribution in [-0.4, -0.2) is 34.3 Å². The smallest absolute Gasteiger partial charge is 0.141 e. The standard InChI is InChI=1S/C17H15ClN4O2/c18-15-6-7-17(14(10-15)11-21-22-12-19-20-13-22)24-9-8-23-16-4-2-1-3-5-16/h1-7,10-13H,8-9H2/b21-11-. The third-order valence-electron chi connectivity index (χ3n) is 3.06. The van der Waals surface area contributed by atoms with Crippen molar-refractivity contribution in [2.75, 3.05) is 13.2 Å². The average Bonchev–Trinajstić information content (AvgIpc) is 3.13. The molecule has 0 bridgehead atoms. The van der Waals surface area contributed by atoms with E-state index in [1.54, 1.807) is 24.4 Å². The average molecular weight is 343 g/mol. The maximum atomic E-state index is 6.05. The molecule has 0 aliphatic rings. The molecule has 0 amide bonds. The molecule has 0 spiro atoms. The van der Waals surface area contributed by atoms with Crippen LogP contribution in [0.15, 0.2) is 66.3 Å². The Morgan fingerprint density at radius 3 is 2.54 bits per heavy atom. The molecule has 7 heteroatoms. The van der Waals surface area contributed by atoms with Gasteiger partial charge in [-0.05, 0) is 30.3 Å². The van der Waals surface area contributed by atoms with E-state index in [1.165, 1.54) is 17.3 Å². The van der Waals surface area contributed by atoms with Gasteiger partial charge in [0.25, 0.3) is 0 Å². The summed E-state index contributed by atoms with van der Waals surface area (Å²) in [6.07, 6.45) is 4.63. The van der Waals surface area contributed by atoms with E-state index in [9.17, 15) is 0 Å². The first-order chi connectivity index (χ1) is 11.8. The molecule has 2 aromatic carbocycles. The lowest BCUT2D eigenvalue weighted by Gasteiger charge is -2.10. The zero-order chi connectivity index (χ0) is 16.6. The van der Waals surface area contributed by atoms with Gasteiger partial charge in [-0.15, -0.1) is 10.2 Å². The summed E-state index contributed by atoms with van der Waals surface area (Å²) in [5, 5.41) is 12.2. The van der Waals surface area contributed by atoms with Crippen LogP contribution in [0.4, 0.5) is 0 Å². The zero-order valence-electron chi connectivity index (χ0n) is 12.7. The highest BCUT2D eigenvalue weighted by atomic mass is 35.5. The largest absolute Gasteiger partial charge is 0.490 e. The summed E-state index contributed by atoms with van der Waals surface area (Å²) in [6, 6.07) is 15.0. The molecule has 0 fully saturated rings. The minimum Gasteiger partial charge on any atom is -0.490 e. The van der Waals surface area contributed by atoms with Crippen LogP contribution in [0.5, 0.6) is 11.5 Å². The number of aromatic nitrogens is 3. The maximum Gasteiger partial charge on any atom is 0.141 e. The van der Waals surface area contributed by atoms with Gasteiger partial charge in [-0.2, -0.15) is 5.10 Å². The first-order valence-corrected chi connectivity index (χ1v) is 7.68. The van der Waals surface area contributed by atoms with Gasteiger partial charge in [0.1, 0.15) is 37.4 Å². The molecule has 0 unspecified atom stereocenters. The summed E-state index contributed by atoms with van der Waals surface area (Å²) >= 11 is 6.05. The molecule has 0 saturated heterocycles. The SMILES string of the molecule is Clc1ccc(OCCOc2ccccc2)c(/C=N\n2cnnc2)c1. The van der Waals surface area contributed by atoms with Crippen molar-refractivity contribution in [1.82, 2.24) is 14.9 Å². The molecule has 1 aromatic heterocycles. The lowest BCUT2D eigenvalue weighted by molar-refractivity contribution is 0.217. The Bertz CT molecular complexity index is 792. The van der Waals surface area contributed by atoms with Crippen LogP contribution < -0.4 is 9.47 Å². The van der Waals surface area contributed by atoms with Crippen molar-refractivity contribution in [1.29, 1.82) is 0 Å². The normalized spacial score (nSPS) is 10.9. The second-order valence-corrected chi connectivity index (χ2v) is 5.22. The predicted octanol–water partition coefficient (Wildman–Crippen LogP) is 3.27. The number of para-hydroxylation sites is 1. The van der Waals surface area contributed by atoms with E-state index in [1.807, 2.05) is 30.3 Å². The Morgan fingerprint density at radius 1 is 1.00 bits per heavy atom. The molecule has 0 saturated carbocycles. The minimum absolute atomic E-state index is 0.407. The van der Waals surface area contributed by atoms with Gasteiger partial charge >= 0.3 is 0 Å². The van der Waals surface area contributed by atoms with Crippen LogP contribution in [0.3, 0.4) is 0 Å². The summed E-state index contributed by atoms with van der Waals surface area (Å²) in [6.45, 7) is 0.846. The Morgan fingerprint density at radius 2 is 1.75 bits per heavy atom. The molecular weight excluding hydrogens is 328 g/mol. The summed E-state index contributed by atoms with van der Waals surface area (Å²) < 4.78 is 12.9. The Hall–Kier alpha value is -2.86. The molecule has 3 rings (SSSR count). The molecule has 6 nitrogen and oxygen atoms in total. The van der Waals surface area contributed by atoms with Gasteiger partial charge < -0.3 is 9.47 Å². The van der Waals surface area contributed by atoms with Crippen molar-refractivity contribution in [2.45, 2.75) is 0 Å². The monoisotopic (exact) mass is 342 g/mol. The van der Waals surface area contributed by atoms with Crippen molar-refractivity contribution in [3.8, 4) is 11.5 Å². The lowest BCUT2D eigenvalue weighted by atomic mass is 10.2. The summed E-state index contributed by atoms with van der Waals surface area (Å²) in [4.78, 5) is 0. The molecule has 3 aromatic rings. The van der Waals surface area contributed by atoms with Crippen molar-refractivity contribution in [3.05, 3.63) is 71.8 Å². The Labute approximate surface area is 144 Å². The fourth-order valence-electron chi connectivity index (χ4n) is 1.96. The fourth-order valence-corrected chi connectivity index (χ4v) is 2.14. The van der Waals surface area contributed by atoms with Gasteiger partial charge in [0.2, 0.25) is 0 Å². The van der Waals surface area contributed by atoms with Crippen LogP contribution >= 0.6 is 11.6 Å². The first kappa shape index (κ1) is 16.0. The molecule has 1 heterocycles. The quantitative estimate of drug-likeness (QED) is 0.488. The van der Waals surface area contributed by atoms with Gasteiger partial charge in [0, 0.05) is 10.6 Å². The summed E-state index contributed by atoms with van der Waals surface area (Å²) in [5.41, 5.74) is 0.760. The van der Waals surface area contributed by atoms with Crippen LogP contribution in [0.1, 0.15) is 5.56 Å². The van der Waals surface area contributed by atoms with E-state index in [2.05, 4.69) is 15.3 Å². The fraction of sp³-hybridized carbons (Fsp3) is 0.118.